The number of nitrogens with zero attached hydrogens (tertiary/aromatic N) is 2. The lowest BCUT2D eigenvalue weighted by Gasteiger charge is -2.10. The van der Waals surface area contributed by atoms with E-state index in [9.17, 15) is 4.79 Å². The van der Waals surface area contributed by atoms with Crippen molar-refractivity contribution >= 4 is 35.9 Å². The Labute approximate surface area is 167 Å². The minimum Gasteiger partial charge on any atom is -0.469 e. The van der Waals surface area contributed by atoms with E-state index in [-0.39, 0.29) is 29.9 Å². The van der Waals surface area contributed by atoms with E-state index in [1.807, 2.05) is 6.07 Å². The molecule has 0 amide bonds. The van der Waals surface area contributed by atoms with Gasteiger partial charge in [0.1, 0.15) is 0 Å². The van der Waals surface area contributed by atoms with Crippen molar-refractivity contribution in [1.82, 2.24) is 15.8 Å². The molecule has 0 saturated heterocycles. The number of unbranched alkanes of at least 4 members (excludes halogenated alkanes) is 1. The lowest BCUT2D eigenvalue weighted by atomic mass is 9.99. The third kappa shape index (κ3) is 9.08. The first kappa shape index (κ1) is 23.7. The van der Waals surface area contributed by atoms with E-state index >= 15 is 0 Å². The predicted octanol–water partition coefficient (Wildman–Crippen LogP) is 3.20. The minimum atomic E-state index is -0.170. The molecule has 0 radical (unpaired) electrons. The Balaban J connectivity index is 0.00000576. The molecule has 0 aliphatic carbocycles. The maximum Gasteiger partial charge on any atom is 0.305 e. The monoisotopic (exact) mass is 466 g/mol. The van der Waals surface area contributed by atoms with Gasteiger partial charge in [-0.2, -0.15) is 0 Å². The molecule has 0 spiro atoms. The zero-order chi connectivity index (χ0) is 17.8. The number of aromatic nitrogens is 1. The molecule has 25 heavy (non-hydrogen) atoms. The highest BCUT2D eigenvalue weighted by atomic mass is 127. The maximum absolute atomic E-state index is 11.0. The second kappa shape index (κ2) is 13.9. The van der Waals surface area contributed by atoms with E-state index in [1.54, 1.807) is 7.05 Å². The van der Waals surface area contributed by atoms with Crippen molar-refractivity contribution in [3.63, 3.8) is 0 Å². The van der Waals surface area contributed by atoms with E-state index in [0.717, 1.165) is 43.7 Å². The maximum atomic E-state index is 11.0. The normalized spacial score (nSPS) is 11.2. The van der Waals surface area contributed by atoms with Crippen LogP contribution >= 0.6 is 24.0 Å². The van der Waals surface area contributed by atoms with E-state index in [1.165, 1.54) is 7.11 Å². The highest BCUT2D eigenvalue weighted by molar-refractivity contribution is 14.0. The van der Waals surface area contributed by atoms with Crippen LogP contribution in [0.1, 0.15) is 63.3 Å². The fourth-order valence-electron chi connectivity index (χ4n) is 2.41. The largest absolute Gasteiger partial charge is 0.469 e. The molecule has 0 bridgehead atoms. The molecule has 8 heteroatoms. The molecule has 0 aromatic carbocycles. The SMILES string of the molecule is CCC(CC)c1cc(CNC(=NC)NCCCCC(=O)OC)on1.I. The Bertz CT molecular complexity index is 516. The lowest BCUT2D eigenvalue weighted by Crippen LogP contribution is -2.37. The van der Waals surface area contributed by atoms with Gasteiger partial charge in [-0.1, -0.05) is 19.0 Å². The predicted molar refractivity (Wildman–Crippen MR) is 109 cm³/mol. The number of guanidine groups is 1. The van der Waals surface area contributed by atoms with E-state index in [2.05, 4.69) is 39.4 Å². The van der Waals surface area contributed by atoms with Gasteiger partial charge in [-0.15, -0.1) is 24.0 Å². The first-order chi connectivity index (χ1) is 11.6. The smallest absolute Gasteiger partial charge is 0.305 e. The molecular weight excluding hydrogens is 435 g/mol. The Morgan fingerprint density at radius 3 is 2.64 bits per heavy atom. The molecule has 0 aliphatic heterocycles. The van der Waals surface area contributed by atoms with Crippen LogP contribution in [-0.4, -0.2) is 37.8 Å². The molecule has 1 rings (SSSR count). The van der Waals surface area contributed by atoms with Crippen LogP contribution in [0.2, 0.25) is 0 Å². The fourth-order valence-corrected chi connectivity index (χ4v) is 2.41. The Morgan fingerprint density at radius 2 is 2.04 bits per heavy atom. The van der Waals surface area contributed by atoms with Crippen LogP contribution in [0.4, 0.5) is 0 Å². The molecule has 0 atom stereocenters. The summed E-state index contributed by atoms with van der Waals surface area (Å²) in [6.45, 7) is 5.60. The third-order valence-electron chi connectivity index (χ3n) is 3.96. The summed E-state index contributed by atoms with van der Waals surface area (Å²) in [5.74, 6) is 1.78. The Kier molecular flexibility index (Phi) is 13.2. The summed E-state index contributed by atoms with van der Waals surface area (Å²) in [6, 6.07) is 2.01. The first-order valence-electron chi connectivity index (χ1n) is 8.61. The van der Waals surface area contributed by atoms with Gasteiger partial charge in [0.05, 0.1) is 19.3 Å². The number of hydrogen-bond donors (Lipinski definition) is 2. The third-order valence-corrected chi connectivity index (χ3v) is 3.96. The molecule has 0 aliphatic rings. The average Bonchev–Trinajstić information content (AvgIpc) is 3.06. The van der Waals surface area contributed by atoms with Gasteiger partial charge >= 0.3 is 5.97 Å². The number of carbonyl (C=O) groups excluding carboxylic acids is 1. The number of aliphatic imine (C=N–C) groups is 1. The molecule has 2 N–H and O–H groups in total. The second-order valence-electron chi connectivity index (χ2n) is 5.62. The van der Waals surface area contributed by atoms with Crippen LogP contribution < -0.4 is 10.6 Å². The van der Waals surface area contributed by atoms with Crippen LogP contribution in [0.5, 0.6) is 0 Å². The van der Waals surface area contributed by atoms with Gasteiger partial charge in [-0.05, 0) is 25.7 Å². The molecule has 1 aromatic heterocycles. The van der Waals surface area contributed by atoms with Crippen LogP contribution in [0.3, 0.4) is 0 Å². The zero-order valence-electron chi connectivity index (χ0n) is 15.6. The number of ether oxygens (including phenoxy) is 1. The Hall–Kier alpha value is -1.32. The number of rotatable bonds is 10. The number of halogens is 1. The van der Waals surface area contributed by atoms with Gasteiger partial charge in [0.25, 0.3) is 0 Å². The second-order valence-corrected chi connectivity index (χ2v) is 5.62. The number of hydrogen-bond acceptors (Lipinski definition) is 5. The molecule has 144 valence electrons. The highest BCUT2D eigenvalue weighted by Gasteiger charge is 2.13. The summed E-state index contributed by atoms with van der Waals surface area (Å²) in [6.07, 6.45) is 4.23. The highest BCUT2D eigenvalue weighted by Crippen LogP contribution is 2.22. The van der Waals surface area contributed by atoms with Crippen LogP contribution in [0.25, 0.3) is 0 Å². The van der Waals surface area contributed by atoms with Gasteiger partial charge in [-0.3, -0.25) is 9.79 Å². The van der Waals surface area contributed by atoms with Crippen molar-refractivity contribution in [2.24, 2.45) is 4.99 Å². The minimum absolute atomic E-state index is 0. The fraction of sp³-hybridized carbons (Fsp3) is 0.706. The van der Waals surface area contributed by atoms with Gasteiger partial charge in [-0.25, -0.2) is 0 Å². The molecule has 1 heterocycles. The van der Waals surface area contributed by atoms with Crippen molar-refractivity contribution in [1.29, 1.82) is 0 Å². The molecule has 1 aromatic rings. The lowest BCUT2D eigenvalue weighted by molar-refractivity contribution is -0.140. The standard InChI is InChI=1S/C17H30N4O3.HI/c1-5-13(6-2)15-11-14(24-21-15)12-20-17(18-3)19-10-8-7-9-16(22)23-4;/h11,13H,5-10,12H2,1-4H3,(H2,18,19,20);1H. The van der Waals surface area contributed by atoms with Gasteiger partial charge in [0.2, 0.25) is 0 Å². The number of nitrogens with one attached hydrogen (secondary N) is 2. The van der Waals surface area contributed by atoms with Crippen LogP contribution in [-0.2, 0) is 16.1 Å². The molecule has 0 saturated carbocycles. The topological polar surface area (TPSA) is 88.8 Å². The van der Waals surface area contributed by atoms with Gasteiger partial charge in [0, 0.05) is 32.0 Å². The van der Waals surface area contributed by atoms with Gasteiger partial charge < -0.3 is 19.9 Å². The van der Waals surface area contributed by atoms with Crippen LogP contribution in [0, 0.1) is 0 Å². The number of carbonyl (C=O) groups is 1. The van der Waals surface area contributed by atoms with Crippen molar-refractivity contribution in [3.8, 4) is 0 Å². The molecular formula is C17H31IN4O3. The Morgan fingerprint density at radius 1 is 1.32 bits per heavy atom. The number of methoxy groups -OCH3 is 1. The van der Waals surface area contributed by atoms with Crippen molar-refractivity contribution in [2.75, 3.05) is 20.7 Å². The zero-order valence-corrected chi connectivity index (χ0v) is 18.0. The van der Waals surface area contributed by atoms with Crippen LogP contribution in [0.15, 0.2) is 15.6 Å². The molecule has 0 fully saturated rings. The number of esters is 1. The summed E-state index contributed by atoms with van der Waals surface area (Å²) in [5, 5.41) is 10.6. The molecule has 7 nitrogen and oxygen atoms in total. The van der Waals surface area contributed by atoms with Crippen molar-refractivity contribution < 1.29 is 14.1 Å². The summed E-state index contributed by atoms with van der Waals surface area (Å²) in [5.41, 5.74) is 1.02. The average molecular weight is 466 g/mol. The van der Waals surface area contributed by atoms with Crippen molar-refractivity contribution in [2.45, 2.75) is 58.4 Å². The van der Waals surface area contributed by atoms with E-state index in [0.29, 0.717) is 24.8 Å². The van der Waals surface area contributed by atoms with E-state index < -0.39 is 0 Å². The summed E-state index contributed by atoms with van der Waals surface area (Å²) >= 11 is 0. The summed E-state index contributed by atoms with van der Waals surface area (Å²) in [7, 11) is 3.13. The van der Waals surface area contributed by atoms with Gasteiger partial charge in [0.15, 0.2) is 11.7 Å². The summed E-state index contributed by atoms with van der Waals surface area (Å²) in [4.78, 5) is 15.2. The first-order valence-corrected chi connectivity index (χ1v) is 8.61. The molecule has 0 unspecified atom stereocenters. The van der Waals surface area contributed by atoms with Crippen molar-refractivity contribution in [3.05, 3.63) is 17.5 Å². The summed E-state index contributed by atoms with van der Waals surface area (Å²) < 4.78 is 9.99. The quantitative estimate of drug-likeness (QED) is 0.181. The van der Waals surface area contributed by atoms with E-state index in [4.69, 9.17) is 4.52 Å².